The van der Waals surface area contributed by atoms with Gasteiger partial charge in [-0.3, -0.25) is 0 Å². The van der Waals surface area contributed by atoms with Crippen LogP contribution in [-0.4, -0.2) is 16.1 Å². The third kappa shape index (κ3) is 3.67. The summed E-state index contributed by atoms with van der Waals surface area (Å²) >= 11 is 1.57. The molecule has 0 spiro atoms. The molecule has 0 amide bonds. The van der Waals surface area contributed by atoms with E-state index in [2.05, 4.69) is 41.5 Å². The Morgan fingerprint density at radius 1 is 1.17 bits per heavy atom. The predicted molar refractivity (Wildman–Crippen MR) is 76.2 cm³/mol. The van der Waals surface area contributed by atoms with E-state index in [0.717, 1.165) is 15.6 Å². The lowest BCUT2D eigenvalue weighted by Gasteiger charge is -2.17. The van der Waals surface area contributed by atoms with Gasteiger partial charge in [0.1, 0.15) is 0 Å². The van der Waals surface area contributed by atoms with E-state index in [0.29, 0.717) is 0 Å². The minimum Gasteiger partial charge on any atom is -0.478 e. The molecule has 0 fully saturated rings. The molecule has 1 heterocycles. The molecule has 100 valence electrons. The molecule has 0 aliphatic heterocycles. The Kier molecular flexibility index (Phi) is 4.01. The van der Waals surface area contributed by atoms with Crippen molar-refractivity contribution in [3.8, 4) is 0 Å². The van der Waals surface area contributed by atoms with Crippen LogP contribution in [0.4, 0.5) is 0 Å². The number of carbonyl (C=O) groups is 1. The zero-order valence-electron chi connectivity index (χ0n) is 11.9. The Hall–Kier alpha value is -1.16. The Morgan fingerprint density at radius 3 is 2.11 bits per heavy atom. The van der Waals surface area contributed by atoms with E-state index in [1.165, 1.54) is 6.08 Å². The van der Waals surface area contributed by atoms with Crippen molar-refractivity contribution in [2.24, 2.45) is 0 Å². The van der Waals surface area contributed by atoms with Gasteiger partial charge >= 0.3 is 5.97 Å². The third-order valence-electron chi connectivity index (χ3n) is 2.38. The van der Waals surface area contributed by atoms with Crippen LogP contribution < -0.4 is 0 Å². The molecule has 0 aliphatic carbocycles. The van der Waals surface area contributed by atoms with Gasteiger partial charge in [0, 0.05) is 16.9 Å². The van der Waals surface area contributed by atoms with Crippen molar-refractivity contribution in [1.29, 1.82) is 0 Å². The molecule has 1 aromatic heterocycles. The fourth-order valence-electron chi connectivity index (χ4n) is 1.45. The number of rotatable bonds is 2. The van der Waals surface area contributed by atoms with E-state index in [-0.39, 0.29) is 10.8 Å². The largest absolute Gasteiger partial charge is 0.478 e. The molecule has 0 atom stereocenters. The van der Waals surface area contributed by atoms with Crippen molar-refractivity contribution in [3.63, 3.8) is 0 Å². The smallest absolute Gasteiger partial charge is 0.328 e. The van der Waals surface area contributed by atoms with E-state index in [1.54, 1.807) is 17.4 Å². The second-order valence-electron chi connectivity index (χ2n) is 6.40. The zero-order valence-corrected chi connectivity index (χ0v) is 12.7. The van der Waals surface area contributed by atoms with Gasteiger partial charge in [0.05, 0.1) is 15.6 Å². The van der Waals surface area contributed by atoms with Crippen molar-refractivity contribution >= 4 is 23.4 Å². The summed E-state index contributed by atoms with van der Waals surface area (Å²) in [4.78, 5) is 16.3. The molecule has 1 N–H and O–H groups in total. The highest BCUT2D eigenvalue weighted by Gasteiger charge is 2.26. The van der Waals surface area contributed by atoms with Crippen molar-refractivity contribution in [2.45, 2.75) is 52.4 Å². The lowest BCUT2D eigenvalue weighted by atomic mass is 9.90. The van der Waals surface area contributed by atoms with Crippen molar-refractivity contribution in [3.05, 3.63) is 21.7 Å². The fraction of sp³-hybridized carbons (Fsp3) is 0.571. The fourth-order valence-corrected chi connectivity index (χ4v) is 2.69. The quantitative estimate of drug-likeness (QED) is 0.828. The molecule has 0 aromatic carbocycles. The summed E-state index contributed by atoms with van der Waals surface area (Å²) in [6.45, 7) is 12.6. The molecule has 0 unspecified atom stereocenters. The molecular weight excluding hydrogens is 246 g/mol. The Labute approximate surface area is 113 Å². The number of carboxylic acids is 1. The van der Waals surface area contributed by atoms with Crippen molar-refractivity contribution < 1.29 is 9.90 Å². The van der Waals surface area contributed by atoms with Gasteiger partial charge in [-0.15, -0.1) is 11.3 Å². The topological polar surface area (TPSA) is 50.2 Å². The summed E-state index contributed by atoms with van der Waals surface area (Å²) in [6, 6.07) is 0. The van der Waals surface area contributed by atoms with Gasteiger partial charge in [0.25, 0.3) is 0 Å². The zero-order chi connectivity index (χ0) is 14.1. The van der Waals surface area contributed by atoms with Crippen LogP contribution in [0.25, 0.3) is 6.08 Å². The minimum atomic E-state index is -0.930. The lowest BCUT2D eigenvalue weighted by Crippen LogP contribution is -2.15. The highest BCUT2D eigenvalue weighted by molar-refractivity contribution is 7.12. The highest BCUT2D eigenvalue weighted by atomic mass is 32.1. The van der Waals surface area contributed by atoms with Gasteiger partial charge in [0.2, 0.25) is 0 Å². The van der Waals surface area contributed by atoms with Gasteiger partial charge in [-0.05, 0) is 6.08 Å². The molecule has 0 bridgehead atoms. The SMILES string of the molecule is CC(C)(C)c1nc(C(C)(C)C)c(/C=C/C(=O)O)s1. The Morgan fingerprint density at radius 2 is 1.72 bits per heavy atom. The highest BCUT2D eigenvalue weighted by Crippen LogP contribution is 2.35. The molecule has 0 radical (unpaired) electrons. The van der Waals surface area contributed by atoms with Crippen LogP contribution in [0.1, 0.15) is 57.1 Å². The monoisotopic (exact) mass is 267 g/mol. The summed E-state index contributed by atoms with van der Waals surface area (Å²) in [5.74, 6) is -0.930. The van der Waals surface area contributed by atoms with E-state index in [1.807, 2.05) is 0 Å². The number of hydrogen-bond donors (Lipinski definition) is 1. The summed E-state index contributed by atoms with van der Waals surface area (Å²) in [6.07, 6.45) is 2.82. The Bertz CT molecular complexity index is 473. The first-order valence-corrected chi connectivity index (χ1v) is 6.76. The van der Waals surface area contributed by atoms with E-state index >= 15 is 0 Å². The van der Waals surface area contributed by atoms with Crippen LogP contribution in [-0.2, 0) is 15.6 Å². The molecule has 1 rings (SSSR count). The average molecular weight is 267 g/mol. The molecule has 4 heteroatoms. The molecular formula is C14H21NO2S. The van der Waals surface area contributed by atoms with Crippen LogP contribution in [0.3, 0.4) is 0 Å². The van der Waals surface area contributed by atoms with Gasteiger partial charge in [0.15, 0.2) is 0 Å². The van der Waals surface area contributed by atoms with Crippen LogP contribution >= 0.6 is 11.3 Å². The number of aliphatic carboxylic acids is 1. The first-order valence-electron chi connectivity index (χ1n) is 5.94. The standard InChI is InChI=1S/C14H21NO2S/c1-13(2,3)11-9(7-8-10(16)17)18-12(15-11)14(4,5)6/h7-8H,1-6H3,(H,16,17)/b8-7+. The summed E-state index contributed by atoms with van der Waals surface area (Å²) < 4.78 is 0. The number of hydrogen-bond acceptors (Lipinski definition) is 3. The number of aromatic nitrogens is 1. The molecule has 0 aliphatic rings. The summed E-state index contributed by atoms with van der Waals surface area (Å²) in [7, 11) is 0. The predicted octanol–water partition coefficient (Wildman–Crippen LogP) is 3.84. The number of thiazole rings is 1. The maximum Gasteiger partial charge on any atom is 0.328 e. The van der Waals surface area contributed by atoms with Gasteiger partial charge in [-0.2, -0.15) is 0 Å². The second-order valence-corrected chi connectivity index (χ2v) is 7.43. The maximum absolute atomic E-state index is 10.6. The second kappa shape index (κ2) is 4.84. The first-order chi connectivity index (χ1) is 8.01. The van der Waals surface area contributed by atoms with Crippen LogP contribution in [0, 0.1) is 0 Å². The molecule has 1 aromatic rings. The van der Waals surface area contributed by atoms with E-state index < -0.39 is 5.97 Å². The van der Waals surface area contributed by atoms with E-state index in [4.69, 9.17) is 10.1 Å². The number of carboxylic acid groups (broad SMARTS) is 1. The normalized spacial score (nSPS) is 13.2. The number of nitrogens with zero attached hydrogens (tertiary/aromatic N) is 1. The van der Waals surface area contributed by atoms with E-state index in [9.17, 15) is 4.79 Å². The maximum atomic E-state index is 10.6. The van der Waals surface area contributed by atoms with Gasteiger partial charge in [-0.25, -0.2) is 9.78 Å². The molecule has 3 nitrogen and oxygen atoms in total. The average Bonchev–Trinajstić information content (AvgIpc) is 2.56. The first kappa shape index (κ1) is 14.9. The van der Waals surface area contributed by atoms with Crippen molar-refractivity contribution in [1.82, 2.24) is 4.98 Å². The van der Waals surface area contributed by atoms with Crippen molar-refractivity contribution in [2.75, 3.05) is 0 Å². The van der Waals surface area contributed by atoms with Crippen LogP contribution in [0.15, 0.2) is 6.08 Å². The summed E-state index contributed by atoms with van der Waals surface area (Å²) in [5, 5.41) is 9.77. The molecule has 0 saturated heterocycles. The minimum absolute atomic E-state index is 0.0139. The Balaban J connectivity index is 3.31. The third-order valence-corrected chi connectivity index (χ3v) is 3.83. The van der Waals surface area contributed by atoms with Gasteiger partial charge in [-0.1, -0.05) is 41.5 Å². The molecule has 0 saturated carbocycles. The van der Waals surface area contributed by atoms with Crippen LogP contribution in [0.2, 0.25) is 0 Å². The molecule has 18 heavy (non-hydrogen) atoms. The summed E-state index contributed by atoms with van der Waals surface area (Å²) in [5.41, 5.74) is 0.868. The lowest BCUT2D eigenvalue weighted by molar-refractivity contribution is -0.131. The van der Waals surface area contributed by atoms with Gasteiger partial charge < -0.3 is 5.11 Å². The van der Waals surface area contributed by atoms with Crippen LogP contribution in [0.5, 0.6) is 0 Å².